The van der Waals surface area contributed by atoms with E-state index in [1.54, 1.807) is 13.0 Å². The number of aromatic nitrogens is 4. The minimum atomic E-state index is -0.271. The Morgan fingerprint density at radius 3 is 2.89 bits per heavy atom. The van der Waals surface area contributed by atoms with Crippen LogP contribution in [0.5, 0.6) is 0 Å². The molecular weight excluding hydrogens is 246 g/mol. The van der Waals surface area contributed by atoms with Crippen LogP contribution < -0.4 is 11.0 Å². The Hall–Kier alpha value is -1.89. The monoisotopic (exact) mass is 263 g/mol. The summed E-state index contributed by atoms with van der Waals surface area (Å²) in [5.74, 6) is 1.33. The Kier molecular flexibility index (Phi) is 2.98. The molecule has 0 radical (unpaired) electrons. The Morgan fingerprint density at radius 2 is 2.16 bits per heavy atom. The summed E-state index contributed by atoms with van der Waals surface area (Å²) in [7, 11) is 0. The fraction of sp³-hybridized carbons (Fsp3) is 0.583. The third-order valence-corrected chi connectivity index (χ3v) is 3.62. The maximum atomic E-state index is 11.5. The Bertz CT molecular complexity index is 639. The summed E-state index contributed by atoms with van der Waals surface area (Å²) < 4.78 is 1.44. The zero-order valence-electron chi connectivity index (χ0n) is 10.8. The molecule has 1 aliphatic carbocycles. The number of H-pyrrole nitrogens is 1. The van der Waals surface area contributed by atoms with Crippen LogP contribution in [0.1, 0.15) is 31.5 Å². The smallest absolute Gasteiger partial charge is 0.349 e. The molecule has 102 valence electrons. The van der Waals surface area contributed by atoms with E-state index in [2.05, 4.69) is 20.5 Å². The normalized spacial score (nSPS) is 23.7. The number of anilines is 1. The number of aryl methyl sites for hydroxylation is 1. The minimum Gasteiger partial charge on any atom is -0.393 e. The number of aliphatic hydroxyl groups excluding tert-OH is 1. The molecule has 2 heterocycles. The van der Waals surface area contributed by atoms with Crippen molar-refractivity contribution in [3.63, 3.8) is 0 Å². The second kappa shape index (κ2) is 4.65. The van der Waals surface area contributed by atoms with Crippen LogP contribution >= 0.6 is 0 Å². The molecule has 7 heteroatoms. The fourth-order valence-corrected chi connectivity index (χ4v) is 2.60. The van der Waals surface area contributed by atoms with Gasteiger partial charge in [0.25, 0.3) is 0 Å². The van der Waals surface area contributed by atoms with Crippen molar-refractivity contribution in [1.29, 1.82) is 0 Å². The lowest BCUT2D eigenvalue weighted by Gasteiger charge is -2.26. The molecule has 19 heavy (non-hydrogen) atoms. The minimum absolute atomic E-state index is 0.167. The van der Waals surface area contributed by atoms with Crippen molar-refractivity contribution >= 4 is 11.5 Å². The van der Waals surface area contributed by atoms with E-state index in [4.69, 9.17) is 0 Å². The summed E-state index contributed by atoms with van der Waals surface area (Å²) in [5.41, 5.74) is 0.295. The van der Waals surface area contributed by atoms with Gasteiger partial charge in [0.2, 0.25) is 0 Å². The van der Waals surface area contributed by atoms with Gasteiger partial charge in [0, 0.05) is 12.1 Å². The Balaban J connectivity index is 1.83. The molecule has 0 saturated heterocycles. The lowest BCUT2D eigenvalue weighted by molar-refractivity contribution is 0.126. The SMILES string of the molecule is Cc1nc(NC2CCC(O)CC2)cc2n[nH]c(=O)n12. The van der Waals surface area contributed by atoms with E-state index in [9.17, 15) is 9.90 Å². The van der Waals surface area contributed by atoms with Crippen molar-refractivity contribution in [2.75, 3.05) is 5.32 Å². The van der Waals surface area contributed by atoms with Gasteiger partial charge in [-0.25, -0.2) is 19.3 Å². The topological polar surface area (TPSA) is 95.3 Å². The van der Waals surface area contributed by atoms with Crippen molar-refractivity contribution < 1.29 is 5.11 Å². The third kappa shape index (κ3) is 2.33. The highest BCUT2D eigenvalue weighted by Gasteiger charge is 2.19. The molecule has 0 unspecified atom stereocenters. The standard InChI is InChI=1S/C12H17N5O2/c1-7-13-10(6-11-15-16-12(19)17(7)11)14-8-2-4-9(18)5-3-8/h6,8-9,14,18H,2-5H2,1H3,(H,16,19). The summed E-state index contributed by atoms with van der Waals surface area (Å²) in [6, 6.07) is 2.08. The average molecular weight is 263 g/mol. The van der Waals surface area contributed by atoms with Crippen LogP contribution in [0.2, 0.25) is 0 Å². The van der Waals surface area contributed by atoms with E-state index in [1.165, 1.54) is 4.40 Å². The van der Waals surface area contributed by atoms with E-state index < -0.39 is 0 Å². The molecule has 1 fully saturated rings. The number of aromatic amines is 1. The molecule has 0 amide bonds. The highest BCUT2D eigenvalue weighted by atomic mass is 16.3. The van der Waals surface area contributed by atoms with Gasteiger partial charge in [-0.15, -0.1) is 0 Å². The maximum absolute atomic E-state index is 11.5. The van der Waals surface area contributed by atoms with Gasteiger partial charge in [-0.05, 0) is 32.6 Å². The zero-order chi connectivity index (χ0) is 13.4. The van der Waals surface area contributed by atoms with Crippen LogP contribution in [0.4, 0.5) is 5.82 Å². The van der Waals surface area contributed by atoms with E-state index >= 15 is 0 Å². The van der Waals surface area contributed by atoms with Gasteiger partial charge in [0.1, 0.15) is 11.6 Å². The quantitative estimate of drug-likeness (QED) is 0.731. The lowest BCUT2D eigenvalue weighted by atomic mass is 9.93. The van der Waals surface area contributed by atoms with Gasteiger partial charge in [-0.3, -0.25) is 0 Å². The molecule has 0 aromatic carbocycles. The first kappa shape index (κ1) is 12.2. The molecule has 0 aliphatic heterocycles. The van der Waals surface area contributed by atoms with Gasteiger partial charge >= 0.3 is 5.69 Å². The first-order valence-corrected chi connectivity index (χ1v) is 6.53. The van der Waals surface area contributed by atoms with Crippen LogP contribution in [-0.4, -0.2) is 36.8 Å². The summed E-state index contributed by atoms with van der Waals surface area (Å²) >= 11 is 0. The van der Waals surface area contributed by atoms with Crippen LogP contribution in [0.3, 0.4) is 0 Å². The van der Waals surface area contributed by atoms with E-state index in [0.717, 1.165) is 31.5 Å². The number of nitrogens with zero attached hydrogens (tertiary/aromatic N) is 3. The molecule has 1 saturated carbocycles. The van der Waals surface area contributed by atoms with Gasteiger partial charge in [0.05, 0.1) is 6.10 Å². The third-order valence-electron chi connectivity index (χ3n) is 3.62. The number of nitrogens with one attached hydrogen (secondary N) is 2. The molecule has 3 N–H and O–H groups in total. The van der Waals surface area contributed by atoms with E-state index in [0.29, 0.717) is 17.5 Å². The van der Waals surface area contributed by atoms with Crippen molar-refractivity contribution in [1.82, 2.24) is 19.6 Å². The van der Waals surface area contributed by atoms with Crippen LogP contribution in [0.15, 0.2) is 10.9 Å². The number of aliphatic hydroxyl groups is 1. The number of hydrogen-bond donors (Lipinski definition) is 3. The molecule has 1 aliphatic rings. The summed E-state index contributed by atoms with van der Waals surface area (Å²) in [6.45, 7) is 1.78. The zero-order valence-corrected chi connectivity index (χ0v) is 10.8. The fourth-order valence-electron chi connectivity index (χ4n) is 2.60. The Labute approximate surface area is 109 Å². The largest absolute Gasteiger partial charge is 0.393 e. The molecule has 0 atom stereocenters. The van der Waals surface area contributed by atoms with Gasteiger partial charge in [0.15, 0.2) is 5.65 Å². The van der Waals surface area contributed by atoms with E-state index in [-0.39, 0.29) is 11.8 Å². The van der Waals surface area contributed by atoms with Crippen LogP contribution in [-0.2, 0) is 0 Å². The number of fused-ring (bicyclic) bond motifs is 1. The average Bonchev–Trinajstić information content (AvgIpc) is 2.74. The first-order valence-electron chi connectivity index (χ1n) is 6.53. The predicted octanol–water partition coefficient (Wildman–Crippen LogP) is 0.441. The predicted molar refractivity (Wildman–Crippen MR) is 70.2 cm³/mol. The number of hydrogen-bond acceptors (Lipinski definition) is 5. The molecule has 2 aromatic heterocycles. The highest BCUT2D eigenvalue weighted by Crippen LogP contribution is 2.21. The van der Waals surface area contributed by atoms with Crippen LogP contribution in [0.25, 0.3) is 5.65 Å². The molecule has 0 spiro atoms. The maximum Gasteiger partial charge on any atom is 0.349 e. The van der Waals surface area contributed by atoms with Gasteiger partial charge < -0.3 is 10.4 Å². The highest BCUT2D eigenvalue weighted by molar-refractivity contribution is 5.50. The van der Waals surface area contributed by atoms with Gasteiger partial charge in [-0.1, -0.05) is 0 Å². The molecule has 3 rings (SSSR count). The van der Waals surface area contributed by atoms with Crippen molar-refractivity contribution in [3.8, 4) is 0 Å². The first-order chi connectivity index (χ1) is 9.13. The summed E-state index contributed by atoms with van der Waals surface area (Å²) in [6.07, 6.45) is 3.34. The number of rotatable bonds is 2. The second-order valence-electron chi connectivity index (χ2n) is 5.06. The van der Waals surface area contributed by atoms with Crippen molar-refractivity contribution in [2.24, 2.45) is 0 Å². The summed E-state index contributed by atoms with van der Waals surface area (Å²) in [5, 5.41) is 19.2. The molecule has 2 aromatic rings. The molecule has 7 nitrogen and oxygen atoms in total. The summed E-state index contributed by atoms with van der Waals surface area (Å²) in [4.78, 5) is 15.9. The van der Waals surface area contributed by atoms with Crippen LogP contribution in [0, 0.1) is 6.92 Å². The Morgan fingerprint density at radius 1 is 1.42 bits per heavy atom. The van der Waals surface area contributed by atoms with Gasteiger partial charge in [-0.2, -0.15) is 5.10 Å². The molecule has 0 bridgehead atoms. The van der Waals surface area contributed by atoms with Crippen molar-refractivity contribution in [2.45, 2.75) is 44.8 Å². The van der Waals surface area contributed by atoms with Crippen molar-refractivity contribution in [3.05, 3.63) is 22.4 Å². The van der Waals surface area contributed by atoms with E-state index in [1.807, 2.05) is 0 Å². The lowest BCUT2D eigenvalue weighted by Crippen LogP contribution is -2.28. The second-order valence-corrected chi connectivity index (χ2v) is 5.06. The molecular formula is C12H17N5O2.